The fraction of sp³-hybridized carbons (Fsp3) is 0.550. The molecule has 1 amide bonds. The normalized spacial score (nSPS) is 17.1. The fourth-order valence-electron chi connectivity index (χ4n) is 4.10. The molecule has 0 bridgehead atoms. The summed E-state index contributed by atoms with van der Waals surface area (Å²) in [6.07, 6.45) is 3.19. The smallest absolute Gasteiger partial charge is 0.222 e. The monoisotopic (exact) mass is 414 g/mol. The van der Waals surface area contributed by atoms with Gasteiger partial charge in [0.25, 0.3) is 0 Å². The zero-order valence-corrected chi connectivity index (χ0v) is 18.1. The SMILES string of the molecule is Cc1cc(-c2snnc2[C@H]2CCCN(C(=O)CCc3c(C)nn(C)c3C)C2)on1. The number of piperidine rings is 1. The van der Waals surface area contributed by atoms with Crippen molar-refractivity contribution in [3.63, 3.8) is 0 Å². The third-order valence-corrected chi connectivity index (χ3v) is 6.53. The van der Waals surface area contributed by atoms with Gasteiger partial charge >= 0.3 is 0 Å². The van der Waals surface area contributed by atoms with Gasteiger partial charge in [-0.05, 0) is 57.1 Å². The Morgan fingerprint density at radius 3 is 2.86 bits per heavy atom. The third-order valence-electron chi connectivity index (χ3n) is 5.77. The Morgan fingerprint density at radius 2 is 2.17 bits per heavy atom. The van der Waals surface area contributed by atoms with Gasteiger partial charge in [0.05, 0.1) is 17.1 Å². The summed E-state index contributed by atoms with van der Waals surface area (Å²) in [6, 6.07) is 1.91. The van der Waals surface area contributed by atoms with Crippen LogP contribution in [0.2, 0.25) is 0 Å². The first-order valence-electron chi connectivity index (χ1n) is 9.96. The highest BCUT2D eigenvalue weighted by atomic mass is 32.1. The van der Waals surface area contributed by atoms with Crippen molar-refractivity contribution < 1.29 is 9.32 Å². The van der Waals surface area contributed by atoms with Gasteiger partial charge in [-0.1, -0.05) is 9.64 Å². The molecule has 0 radical (unpaired) electrons. The third kappa shape index (κ3) is 3.96. The lowest BCUT2D eigenvalue weighted by molar-refractivity contribution is -0.132. The molecule has 0 N–H and O–H groups in total. The van der Waals surface area contributed by atoms with E-state index in [1.165, 1.54) is 17.1 Å². The van der Waals surface area contributed by atoms with E-state index in [1.54, 1.807) is 0 Å². The number of rotatable bonds is 5. The molecule has 1 aliphatic rings. The van der Waals surface area contributed by atoms with Crippen molar-refractivity contribution in [3.8, 4) is 10.6 Å². The molecule has 9 heteroatoms. The summed E-state index contributed by atoms with van der Waals surface area (Å²) < 4.78 is 11.4. The van der Waals surface area contributed by atoms with Crippen LogP contribution in [0.3, 0.4) is 0 Å². The molecule has 0 aliphatic carbocycles. The van der Waals surface area contributed by atoms with E-state index in [9.17, 15) is 4.79 Å². The summed E-state index contributed by atoms with van der Waals surface area (Å²) in [5, 5.41) is 12.8. The summed E-state index contributed by atoms with van der Waals surface area (Å²) in [4.78, 5) is 15.8. The molecule has 1 aliphatic heterocycles. The average molecular weight is 415 g/mol. The first-order valence-corrected chi connectivity index (χ1v) is 10.7. The highest BCUT2D eigenvalue weighted by molar-refractivity contribution is 7.09. The van der Waals surface area contributed by atoms with Crippen LogP contribution in [0.15, 0.2) is 10.6 Å². The number of likely N-dealkylation sites (tertiary alicyclic amines) is 1. The van der Waals surface area contributed by atoms with Crippen LogP contribution in [-0.2, 0) is 18.3 Å². The number of hydrogen-bond acceptors (Lipinski definition) is 7. The largest absolute Gasteiger partial charge is 0.355 e. The van der Waals surface area contributed by atoms with Gasteiger partial charge in [-0.25, -0.2) is 0 Å². The molecule has 0 spiro atoms. The maximum Gasteiger partial charge on any atom is 0.222 e. The molecular formula is C20H26N6O2S. The molecule has 0 unspecified atom stereocenters. The summed E-state index contributed by atoms with van der Waals surface area (Å²) in [7, 11) is 1.94. The molecule has 29 heavy (non-hydrogen) atoms. The van der Waals surface area contributed by atoms with Gasteiger partial charge in [0.2, 0.25) is 5.91 Å². The number of amides is 1. The molecule has 3 aromatic rings. The van der Waals surface area contributed by atoms with Crippen LogP contribution in [0.1, 0.15) is 53.5 Å². The summed E-state index contributed by atoms with van der Waals surface area (Å²) in [5.41, 5.74) is 5.08. The van der Waals surface area contributed by atoms with Crippen molar-refractivity contribution in [2.24, 2.45) is 7.05 Å². The van der Waals surface area contributed by atoms with Gasteiger partial charge in [-0.2, -0.15) is 5.10 Å². The van der Waals surface area contributed by atoms with Crippen LogP contribution in [0, 0.1) is 20.8 Å². The van der Waals surface area contributed by atoms with E-state index in [0.717, 1.165) is 53.5 Å². The Kier molecular flexibility index (Phi) is 5.49. The van der Waals surface area contributed by atoms with E-state index < -0.39 is 0 Å². The lowest BCUT2D eigenvalue weighted by atomic mass is 9.93. The van der Waals surface area contributed by atoms with Crippen LogP contribution in [0.25, 0.3) is 10.6 Å². The van der Waals surface area contributed by atoms with E-state index >= 15 is 0 Å². The zero-order valence-electron chi connectivity index (χ0n) is 17.3. The molecular weight excluding hydrogens is 388 g/mol. The maximum atomic E-state index is 12.9. The topological polar surface area (TPSA) is 89.9 Å². The van der Waals surface area contributed by atoms with Crippen molar-refractivity contribution in [1.82, 2.24) is 29.4 Å². The van der Waals surface area contributed by atoms with Crippen molar-refractivity contribution in [3.05, 3.63) is 34.4 Å². The number of hydrogen-bond donors (Lipinski definition) is 0. The Hall–Kier alpha value is -2.55. The van der Waals surface area contributed by atoms with Gasteiger partial charge in [-0.15, -0.1) is 5.10 Å². The maximum absolute atomic E-state index is 12.9. The standard InChI is InChI=1S/C20H26N6O2S/c1-12-10-17(28-23-12)20-19(21-24-29-20)15-6-5-9-26(11-15)18(27)8-7-16-13(2)22-25(4)14(16)3/h10,15H,5-9,11H2,1-4H3/t15-/m0/s1. The quantitative estimate of drug-likeness (QED) is 0.637. The highest BCUT2D eigenvalue weighted by Crippen LogP contribution is 2.35. The van der Waals surface area contributed by atoms with E-state index in [4.69, 9.17) is 4.52 Å². The highest BCUT2D eigenvalue weighted by Gasteiger charge is 2.30. The summed E-state index contributed by atoms with van der Waals surface area (Å²) >= 11 is 1.32. The Bertz CT molecular complexity index is 1020. The first kappa shape index (κ1) is 19.8. The molecule has 1 fully saturated rings. The second-order valence-electron chi connectivity index (χ2n) is 7.77. The van der Waals surface area contributed by atoms with Gasteiger partial charge in [0.1, 0.15) is 4.88 Å². The van der Waals surface area contributed by atoms with E-state index in [1.807, 2.05) is 36.5 Å². The van der Waals surface area contributed by atoms with Crippen molar-refractivity contribution in [2.75, 3.05) is 13.1 Å². The Morgan fingerprint density at radius 1 is 1.34 bits per heavy atom. The van der Waals surface area contributed by atoms with Crippen molar-refractivity contribution in [2.45, 2.75) is 52.4 Å². The molecule has 3 aromatic heterocycles. The van der Waals surface area contributed by atoms with Crippen LogP contribution in [0.5, 0.6) is 0 Å². The van der Waals surface area contributed by atoms with Gasteiger partial charge in [0.15, 0.2) is 5.76 Å². The fourth-order valence-corrected chi connectivity index (χ4v) is 4.80. The Labute approximate surface area is 174 Å². The van der Waals surface area contributed by atoms with Crippen molar-refractivity contribution in [1.29, 1.82) is 0 Å². The van der Waals surface area contributed by atoms with Crippen LogP contribution in [0.4, 0.5) is 0 Å². The number of carbonyl (C=O) groups excluding carboxylic acids is 1. The lowest BCUT2D eigenvalue weighted by Gasteiger charge is -2.32. The summed E-state index contributed by atoms with van der Waals surface area (Å²) in [6.45, 7) is 7.43. The first-order chi connectivity index (χ1) is 13.9. The molecule has 4 rings (SSSR count). The number of carbonyl (C=O) groups is 1. The van der Waals surface area contributed by atoms with Gasteiger partial charge < -0.3 is 9.42 Å². The van der Waals surface area contributed by atoms with Crippen LogP contribution < -0.4 is 0 Å². The molecule has 154 valence electrons. The minimum absolute atomic E-state index is 0.175. The minimum atomic E-state index is 0.175. The minimum Gasteiger partial charge on any atom is -0.355 e. The van der Waals surface area contributed by atoms with E-state index in [0.29, 0.717) is 18.7 Å². The number of nitrogens with zero attached hydrogens (tertiary/aromatic N) is 6. The summed E-state index contributed by atoms with van der Waals surface area (Å²) in [5.74, 6) is 1.07. The van der Waals surface area contributed by atoms with Gasteiger partial charge in [0, 0.05) is 44.2 Å². The zero-order chi connectivity index (χ0) is 20.5. The van der Waals surface area contributed by atoms with E-state index in [-0.39, 0.29) is 11.8 Å². The Balaban J connectivity index is 1.44. The van der Waals surface area contributed by atoms with E-state index in [2.05, 4.69) is 26.8 Å². The average Bonchev–Trinajstić information content (AvgIpc) is 3.41. The van der Waals surface area contributed by atoms with Crippen LogP contribution >= 0.6 is 11.5 Å². The molecule has 8 nitrogen and oxygen atoms in total. The molecule has 0 aromatic carbocycles. The number of aryl methyl sites for hydroxylation is 3. The molecule has 1 atom stereocenters. The second-order valence-corrected chi connectivity index (χ2v) is 8.53. The second kappa shape index (κ2) is 8.06. The predicted molar refractivity (Wildman–Crippen MR) is 110 cm³/mol. The predicted octanol–water partition coefficient (Wildman–Crippen LogP) is 3.19. The van der Waals surface area contributed by atoms with Crippen molar-refractivity contribution >= 4 is 17.4 Å². The lowest BCUT2D eigenvalue weighted by Crippen LogP contribution is -2.39. The number of aromatic nitrogens is 5. The molecule has 4 heterocycles. The molecule has 1 saturated heterocycles. The van der Waals surface area contributed by atoms with Crippen LogP contribution in [-0.4, -0.2) is 48.4 Å². The van der Waals surface area contributed by atoms with Gasteiger partial charge in [-0.3, -0.25) is 9.48 Å². The molecule has 0 saturated carbocycles.